The summed E-state index contributed by atoms with van der Waals surface area (Å²) in [5.74, 6) is -2.59. The van der Waals surface area contributed by atoms with Crippen molar-refractivity contribution in [1.29, 1.82) is 0 Å². The molecule has 0 aromatic heterocycles. The summed E-state index contributed by atoms with van der Waals surface area (Å²) >= 11 is 0. The quantitative estimate of drug-likeness (QED) is 0.772. The van der Waals surface area contributed by atoms with Gasteiger partial charge >= 0.3 is 6.03 Å². The molecule has 0 radical (unpaired) electrons. The number of halogens is 2. The number of carbonyl (C=O) groups excluding carboxylic acids is 3. The fraction of sp³-hybridized carbons (Fsp3) is 0.471. The third-order valence-electron chi connectivity index (χ3n) is 4.07. The minimum atomic E-state index is -1.05. The number of hydrogen-bond acceptors (Lipinski definition) is 3. The fourth-order valence-corrected chi connectivity index (χ4v) is 2.56. The molecule has 2 rings (SSSR count). The van der Waals surface area contributed by atoms with Gasteiger partial charge in [0.1, 0.15) is 23.7 Å². The van der Waals surface area contributed by atoms with Crippen LogP contribution in [0.3, 0.4) is 0 Å². The van der Waals surface area contributed by atoms with Crippen LogP contribution in [-0.4, -0.2) is 34.8 Å². The highest BCUT2D eigenvalue weighted by Gasteiger charge is 2.47. The Bertz CT molecular complexity index is 708. The number of benzene rings is 1. The molecule has 1 saturated heterocycles. The van der Waals surface area contributed by atoms with E-state index >= 15 is 0 Å². The third kappa shape index (κ3) is 4.32. The molecule has 2 N–H and O–H groups in total. The molecule has 0 saturated carbocycles. The minimum absolute atomic E-state index is 0.221. The summed E-state index contributed by atoms with van der Waals surface area (Å²) in [6.07, 6.45) is 1.20. The first-order valence-electron chi connectivity index (χ1n) is 8.01. The van der Waals surface area contributed by atoms with Gasteiger partial charge in [0.05, 0.1) is 5.69 Å². The average Bonchev–Trinajstić information content (AvgIpc) is 2.72. The Hall–Kier alpha value is -2.51. The van der Waals surface area contributed by atoms with Crippen LogP contribution in [0.5, 0.6) is 0 Å². The van der Waals surface area contributed by atoms with Crippen molar-refractivity contribution in [1.82, 2.24) is 10.2 Å². The first-order valence-corrected chi connectivity index (χ1v) is 8.01. The predicted octanol–water partition coefficient (Wildman–Crippen LogP) is 2.65. The highest BCUT2D eigenvalue weighted by atomic mass is 19.1. The summed E-state index contributed by atoms with van der Waals surface area (Å²) in [5.41, 5.74) is -1.27. The Morgan fingerprint density at radius 1 is 1.32 bits per heavy atom. The van der Waals surface area contributed by atoms with E-state index in [-0.39, 0.29) is 5.69 Å². The second kappa shape index (κ2) is 7.16. The van der Waals surface area contributed by atoms with Gasteiger partial charge in [0.2, 0.25) is 5.91 Å². The number of nitrogens with one attached hydrogen (secondary N) is 2. The molecular weight excluding hydrogens is 332 g/mol. The van der Waals surface area contributed by atoms with Gasteiger partial charge in [0.25, 0.3) is 5.91 Å². The normalized spacial score (nSPS) is 20.2. The molecule has 1 aromatic rings. The van der Waals surface area contributed by atoms with E-state index in [9.17, 15) is 23.2 Å². The molecule has 1 atom stereocenters. The summed E-state index contributed by atoms with van der Waals surface area (Å²) in [7, 11) is 0. The summed E-state index contributed by atoms with van der Waals surface area (Å²) in [5, 5.41) is 4.84. The first kappa shape index (κ1) is 18.8. The second-order valence-corrected chi connectivity index (χ2v) is 6.76. The molecule has 1 aromatic carbocycles. The average molecular weight is 353 g/mol. The topological polar surface area (TPSA) is 78.5 Å². The Kier molecular flexibility index (Phi) is 5.39. The number of urea groups is 1. The number of carbonyl (C=O) groups is 3. The highest BCUT2D eigenvalue weighted by molar-refractivity contribution is 6.09. The lowest BCUT2D eigenvalue weighted by molar-refractivity contribution is -0.133. The largest absolute Gasteiger partial charge is 0.325 e. The van der Waals surface area contributed by atoms with Crippen LogP contribution in [-0.2, 0) is 9.59 Å². The number of rotatable bonds is 6. The number of imide groups is 1. The maximum absolute atomic E-state index is 13.6. The van der Waals surface area contributed by atoms with Crippen LogP contribution in [0.15, 0.2) is 18.2 Å². The van der Waals surface area contributed by atoms with Gasteiger partial charge in [-0.15, -0.1) is 0 Å². The second-order valence-electron chi connectivity index (χ2n) is 6.76. The van der Waals surface area contributed by atoms with Crippen molar-refractivity contribution in [2.75, 3.05) is 11.9 Å². The lowest BCUT2D eigenvalue weighted by Gasteiger charge is -2.22. The van der Waals surface area contributed by atoms with E-state index in [0.717, 1.165) is 23.5 Å². The van der Waals surface area contributed by atoms with Crippen LogP contribution in [0.1, 0.15) is 33.6 Å². The Balaban J connectivity index is 2.03. The monoisotopic (exact) mass is 353 g/mol. The summed E-state index contributed by atoms with van der Waals surface area (Å²) < 4.78 is 26.4. The maximum Gasteiger partial charge on any atom is 0.325 e. The Morgan fingerprint density at radius 2 is 2.00 bits per heavy atom. The molecule has 1 aliphatic rings. The standard InChI is InChI=1S/C17H21F2N3O3/c1-10(2)6-7-17(3)15(24)22(16(25)21-17)9-14(23)20-13-5-4-11(18)8-12(13)19/h4-5,8,10H,6-7,9H2,1-3H3,(H,20,23)(H,21,25)/t17-/m0/s1. The lowest BCUT2D eigenvalue weighted by atomic mass is 9.92. The minimum Gasteiger partial charge on any atom is -0.323 e. The summed E-state index contributed by atoms with van der Waals surface area (Å²) in [6, 6.07) is 2.04. The van der Waals surface area contributed by atoms with E-state index in [0.29, 0.717) is 18.4 Å². The van der Waals surface area contributed by atoms with Crippen LogP contribution >= 0.6 is 0 Å². The number of amides is 4. The molecule has 4 amide bonds. The van der Waals surface area contributed by atoms with Crippen molar-refractivity contribution >= 4 is 23.5 Å². The van der Waals surface area contributed by atoms with Gasteiger partial charge in [0, 0.05) is 6.07 Å². The molecular formula is C17H21F2N3O3. The molecule has 8 heteroatoms. The van der Waals surface area contributed by atoms with Gasteiger partial charge in [-0.1, -0.05) is 13.8 Å². The molecule has 6 nitrogen and oxygen atoms in total. The van der Waals surface area contributed by atoms with Crippen LogP contribution < -0.4 is 10.6 Å². The molecule has 25 heavy (non-hydrogen) atoms. The number of anilines is 1. The molecule has 0 spiro atoms. The molecule has 0 unspecified atom stereocenters. The van der Waals surface area contributed by atoms with Gasteiger partial charge in [-0.3, -0.25) is 14.5 Å². The van der Waals surface area contributed by atoms with Crippen LogP contribution in [0.25, 0.3) is 0 Å². The van der Waals surface area contributed by atoms with Crippen molar-refractivity contribution in [2.24, 2.45) is 5.92 Å². The third-order valence-corrected chi connectivity index (χ3v) is 4.07. The lowest BCUT2D eigenvalue weighted by Crippen LogP contribution is -2.44. The molecule has 1 aliphatic heterocycles. The van der Waals surface area contributed by atoms with E-state index in [1.807, 2.05) is 13.8 Å². The van der Waals surface area contributed by atoms with Crippen LogP contribution in [0.4, 0.5) is 19.3 Å². The van der Waals surface area contributed by atoms with Crippen LogP contribution in [0, 0.1) is 17.6 Å². The summed E-state index contributed by atoms with van der Waals surface area (Å²) in [6.45, 7) is 5.09. The first-order chi connectivity index (χ1) is 11.6. The maximum atomic E-state index is 13.6. The van der Waals surface area contributed by atoms with Crippen molar-refractivity contribution < 1.29 is 23.2 Å². The zero-order valence-electron chi connectivity index (χ0n) is 14.4. The van der Waals surface area contributed by atoms with E-state index in [1.54, 1.807) is 6.92 Å². The zero-order chi connectivity index (χ0) is 18.8. The zero-order valence-corrected chi connectivity index (χ0v) is 14.4. The van der Waals surface area contributed by atoms with Gasteiger partial charge in [-0.05, 0) is 37.8 Å². The molecule has 1 heterocycles. The molecule has 0 bridgehead atoms. The number of hydrogen-bond donors (Lipinski definition) is 2. The molecule has 136 valence electrons. The highest BCUT2D eigenvalue weighted by Crippen LogP contribution is 2.24. The number of nitrogens with zero attached hydrogens (tertiary/aromatic N) is 1. The predicted molar refractivity (Wildman–Crippen MR) is 87.7 cm³/mol. The van der Waals surface area contributed by atoms with E-state index < -0.39 is 41.6 Å². The SMILES string of the molecule is CC(C)CC[C@]1(C)NC(=O)N(CC(=O)Nc2ccc(F)cc2F)C1=O. The van der Waals surface area contributed by atoms with Gasteiger partial charge in [0.15, 0.2) is 0 Å². The van der Waals surface area contributed by atoms with Gasteiger partial charge in [-0.2, -0.15) is 0 Å². The van der Waals surface area contributed by atoms with Crippen molar-refractivity contribution in [2.45, 2.75) is 39.2 Å². The van der Waals surface area contributed by atoms with Crippen molar-refractivity contribution in [3.05, 3.63) is 29.8 Å². The van der Waals surface area contributed by atoms with Crippen molar-refractivity contribution in [3.63, 3.8) is 0 Å². The Labute approximate surface area is 144 Å². The van der Waals surface area contributed by atoms with Gasteiger partial charge in [-0.25, -0.2) is 13.6 Å². The van der Waals surface area contributed by atoms with E-state index in [2.05, 4.69) is 10.6 Å². The summed E-state index contributed by atoms with van der Waals surface area (Å²) in [4.78, 5) is 37.4. The van der Waals surface area contributed by atoms with Crippen LogP contribution in [0.2, 0.25) is 0 Å². The molecule has 1 fully saturated rings. The van der Waals surface area contributed by atoms with E-state index in [4.69, 9.17) is 0 Å². The van der Waals surface area contributed by atoms with Crippen molar-refractivity contribution in [3.8, 4) is 0 Å². The smallest absolute Gasteiger partial charge is 0.323 e. The van der Waals surface area contributed by atoms with E-state index in [1.165, 1.54) is 0 Å². The van der Waals surface area contributed by atoms with Gasteiger partial charge < -0.3 is 10.6 Å². The fourth-order valence-electron chi connectivity index (χ4n) is 2.56. The molecule has 0 aliphatic carbocycles. The Morgan fingerprint density at radius 3 is 2.60 bits per heavy atom.